The molecule has 0 spiro atoms. The molecule has 0 N–H and O–H groups in total. The molecule has 1 aliphatic heterocycles. The smallest absolute Gasteiger partial charge is 0.151 e. The lowest BCUT2D eigenvalue weighted by Gasteiger charge is -2.23. The topological polar surface area (TPSA) is 83.5 Å². The molecular weight excluding hydrogens is 413 g/mol. The minimum absolute atomic E-state index is 0.0632. The molecule has 5 rings (SSSR count). The fourth-order valence-corrected chi connectivity index (χ4v) is 3.88. The number of hydrogen-bond acceptors (Lipinski definition) is 6. The number of nitrogens with zero attached hydrogens (tertiary/aromatic N) is 7. The first-order valence-electron chi connectivity index (χ1n) is 9.34. The van der Waals surface area contributed by atoms with E-state index in [1.807, 2.05) is 35.3 Å². The molecule has 4 heterocycles. The summed E-state index contributed by atoms with van der Waals surface area (Å²) in [4.78, 5) is 0. The van der Waals surface area contributed by atoms with Crippen LogP contribution in [0, 0.1) is 0 Å². The number of hydrogen-bond donors (Lipinski definition) is 0. The van der Waals surface area contributed by atoms with Gasteiger partial charge in [-0.3, -0.25) is 0 Å². The van der Waals surface area contributed by atoms with Gasteiger partial charge in [-0.15, -0.1) is 10.2 Å². The van der Waals surface area contributed by atoms with E-state index in [2.05, 4.69) is 25.6 Å². The van der Waals surface area contributed by atoms with Crippen LogP contribution in [0.3, 0.4) is 0 Å². The molecule has 1 aliphatic rings. The Bertz CT molecular complexity index is 1150. The average molecular weight is 430 g/mol. The Labute approximate surface area is 176 Å². The van der Waals surface area contributed by atoms with E-state index in [4.69, 9.17) is 27.9 Å². The summed E-state index contributed by atoms with van der Waals surface area (Å²) in [6, 6.07) is 7.31. The van der Waals surface area contributed by atoms with E-state index in [9.17, 15) is 0 Å². The van der Waals surface area contributed by atoms with E-state index < -0.39 is 0 Å². The minimum atomic E-state index is -0.0632. The number of aromatic nitrogens is 7. The van der Waals surface area contributed by atoms with Crippen LogP contribution in [0.15, 0.2) is 36.7 Å². The number of rotatable bonds is 4. The lowest BCUT2D eigenvalue weighted by Crippen LogP contribution is -2.18. The van der Waals surface area contributed by atoms with Crippen LogP contribution in [0.1, 0.15) is 31.2 Å². The lowest BCUT2D eigenvalue weighted by atomic mass is 10.1. The second-order valence-corrected chi connectivity index (χ2v) is 7.77. The number of halogens is 2. The minimum Gasteiger partial charge on any atom is -0.356 e. The van der Waals surface area contributed by atoms with Crippen molar-refractivity contribution >= 4 is 34.1 Å². The monoisotopic (exact) mass is 429 g/mol. The van der Waals surface area contributed by atoms with Crippen LogP contribution >= 0.6 is 23.2 Å². The highest BCUT2D eigenvalue weighted by molar-refractivity contribution is 6.31. The third-order valence-electron chi connectivity index (χ3n) is 4.94. The van der Waals surface area contributed by atoms with Crippen LogP contribution in [0.4, 0.5) is 0 Å². The van der Waals surface area contributed by atoms with Crippen molar-refractivity contribution in [1.29, 1.82) is 0 Å². The van der Waals surface area contributed by atoms with Gasteiger partial charge < -0.3 is 4.74 Å². The maximum Gasteiger partial charge on any atom is 0.151 e. The molecule has 0 bridgehead atoms. The number of benzene rings is 1. The molecular formula is C19H17Cl2N7O. The van der Waals surface area contributed by atoms with Gasteiger partial charge in [0.25, 0.3) is 0 Å². The van der Waals surface area contributed by atoms with Gasteiger partial charge in [0.15, 0.2) is 11.4 Å². The van der Waals surface area contributed by atoms with E-state index in [0.29, 0.717) is 22.4 Å². The van der Waals surface area contributed by atoms with Gasteiger partial charge in [0.05, 0.1) is 30.1 Å². The molecule has 0 saturated carbocycles. The van der Waals surface area contributed by atoms with Gasteiger partial charge in [-0.1, -0.05) is 28.4 Å². The molecule has 1 aromatic carbocycles. The van der Waals surface area contributed by atoms with Crippen molar-refractivity contribution in [3.05, 3.63) is 52.5 Å². The normalized spacial score (nSPS) is 17.1. The summed E-state index contributed by atoms with van der Waals surface area (Å²) in [5, 5.41) is 23.0. The Morgan fingerprint density at radius 3 is 2.83 bits per heavy atom. The van der Waals surface area contributed by atoms with E-state index in [1.54, 1.807) is 10.7 Å². The third-order valence-corrected chi connectivity index (χ3v) is 5.36. The summed E-state index contributed by atoms with van der Waals surface area (Å²) < 4.78 is 9.52. The summed E-state index contributed by atoms with van der Waals surface area (Å²) in [5.41, 5.74) is 3.26. The average Bonchev–Trinajstić information content (AvgIpc) is 3.37. The van der Waals surface area contributed by atoms with Gasteiger partial charge in [0.2, 0.25) is 0 Å². The third kappa shape index (κ3) is 3.71. The molecule has 3 aromatic heterocycles. The summed E-state index contributed by atoms with van der Waals surface area (Å²) in [6.07, 6.45) is 6.78. The molecule has 4 aromatic rings. The van der Waals surface area contributed by atoms with Gasteiger partial charge in [0, 0.05) is 22.6 Å². The second-order valence-electron chi connectivity index (χ2n) is 6.95. The van der Waals surface area contributed by atoms with E-state index >= 15 is 0 Å². The molecule has 0 radical (unpaired) electrons. The maximum atomic E-state index is 6.43. The highest BCUT2D eigenvalue weighted by atomic mass is 35.5. The van der Waals surface area contributed by atoms with Crippen LogP contribution in [0.2, 0.25) is 10.2 Å². The van der Waals surface area contributed by atoms with E-state index in [1.165, 1.54) is 0 Å². The van der Waals surface area contributed by atoms with Crippen molar-refractivity contribution in [3.63, 3.8) is 0 Å². The first-order valence-corrected chi connectivity index (χ1v) is 10.1. The van der Waals surface area contributed by atoms with Crippen LogP contribution in [-0.2, 0) is 11.3 Å². The largest absolute Gasteiger partial charge is 0.356 e. The van der Waals surface area contributed by atoms with Crippen molar-refractivity contribution < 1.29 is 4.74 Å². The Hall–Kier alpha value is -2.55. The first kappa shape index (κ1) is 18.5. The van der Waals surface area contributed by atoms with Gasteiger partial charge in [-0.05, 0) is 43.5 Å². The molecule has 1 saturated heterocycles. The Kier molecular flexibility index (Phi) is 4.91. The fourth-order valence-electron chi connectivity index (χ4n) is 3.56. The van der Waals surface area contributed by atoms with E-state index in [0.717, 1.165) is 48.0 Å². The Balaban J connectivity index is 1.49. The molecule has 1 unspecified atom stereocenters. The maximum absolute atomic E-state index is 6.43. The zero-order valence-electron chi connectivity index (χ0n) is 15.4. The summed E-state index contributed by atoms with van der Waals surface area (Å²) in [6.45, 7) is 1.19. The molecule has 0 amide bonds. The fraction of sp³-hybridized carbons (Fsp3) is 0.316. The van der Waals surface area contributed by atoms with Crippen molar-refractivity contribution in [2.24, 2.45) is 0 Å². The van der Waals surface area contributed by atoms with Crippen molar-refractivity contribution in [2.45, 2.75) is 32.0 Å². The van der Waals surface area contributed by atoms with Crippen molar-refractivity contribution in [3.8, 4) is 11.3 Å². The standard InChI is InChI=1S/C19H17Cl2N7O/c20-12-7-14(15-9-22-28(17(15)8-12)19-3-1-2-6-29-19)16-11-27(26-24-16)10-13-4-5-18(21)25-23-13/h4-5,7-9,11,19H,1-3,6,10H2. The van der Waals surface area contributed by atoms with Crippen LogP contribution in [0.25, 0.3) is 22.2 Å². The van der Waals surface area contributed by atoms with Gasteiger partial charge >= 0.3 is 0 Å². The number of fused-ring (bicyclic) bond motifs is 1. The molecule has 148 valence electrons. The van der Waals surface area contributed by atoms with Crippen molar-refractivity contribution in [2.75, 3.05) is 6.61 Å². The first-order chi connectivity index (χ1) is 14.2. The molecule has 0 aliphatic carbocycles. The SMILES string of the molecule is Clc1cc(-c2cn(Cc3ccc(Cl)nn3)nn2)c2cnn(C3CCCCO3)c2c1. The molecule has 1 fully saturated rings. The highest BCUT2D eigenvalue weighted by Crippen LogP contribution is 2.34. The summed E-state index contributed by atoms with van der Waals surface area (Å²) in [5.74, 6) is 0. The molecule has 1 atom stereocenters. The van der Waals surface area contributed by atoms with Gasteiger partial charge in [-0.2, -0.15) is 10.2 Å². The van der Waals surface area contributed by atoms with E-state index in [-0.39, 0.29) is 6.23 Å². The summed E-state index contributed by atoms with van der Waals surface area (Å²) >= 11 is 12.2. The Morgan fingerprint density at radius 1 is 1.10 bits per heavy atom. The molecule has 10 heteroatoms. The predicted molar refractivity (Wildman–Crippen MR) is 109 cm³/mol. The van der Waals surface area contributed by atoms with Gasteiger partial charge in [-0.25, -0.2) is 9.36 Å². The predicted octanol–water partition coefficient (Wildman–Crippen LogP) is 4.14. The number of ether oxygens (including phenoxy) is 1. The highest BCUT2D eigenvalue weighted by Gasteiger charge is 2.21. The second kappa shape index (κ2) is 7.70. The Morgan fingerprint density at radius 2 is 2.03 bits per heavy atom. The zero-order chi connectivity index (χ0) is 19.8. The van der Waals surface area contributed by atoms with Gasteiger partial charge in [0.1, 0.15) is 5.69 Å². The summed E-state index contributed by atoms with van der Waals surface area (Å²) in [7, 11) is 0. The van der Waals surface area contributed by atoms with Crippen molar-refractivity contribution in [1.82, 2.24) is 35.0 Å². The lowest BCUT2D eigenvalue weighted by molar-refractivity contribution is -0.0366. The molecule has 29 heavy (non-hydrogen) atoms. The van der Waals surface area contributed by atoms with Crippen LogP contribution < -0.4 is 0 Å². The van der Waals surface area contributed by atoms with Crippen LogP contribution in [0.5, 0.6) is 0 Å². The molecule has 8 nitrogen and oxygen atoms in total. The quantitative estimate of drug-likeness (QED) is 0.484. The zero-order valence-corrected chi connectivity index (χ0v) is 16.9. The van der Waals surface area contributed by atoms with Crippen LogP contribution in [-0.4, -0.2) is 41.6 Å².